The van der Waals surface area contributed by atoms with Crippen molar-refractivity contribution in [3.8, 4) is 11.8 Å². The lowest BCUT2D eigenvalue weighted by Crippen LogP contribution is -2.32. The molecule has 0 heterocycles. The van der Waals surface area contributed by atoms with E-state index in [1.165, 1.54) is 38.5 Å². The molecule has 1 atom stereocenters. The number of nitriles is 1. The van der Waals surface area contributed by atoms with E-state index in [-0.39, 0.29) is 0 Å². The normalized spacial score (nSPS) is 17.8. The molecule has 0 bridgehead atoms. The second-order valence-corrected chi connectivity index (χ2v) is 6.07. The molecule has 1 aromatic carbocycles. The maximum Gasteiger partial charge on any atom is 0.136 e. The highest BCUT2D eigenvalue weighted by Gasteiger charge is 2.18. The van der Waals surface area contributed by atoms with Crippen molar-refractivity contribution in [3.05, 3.63) is 29.3 Å². The molecule has 0 unspecified atom stereocenters. The lowest BCUT2D eigenvalue weighted by molar-refractivity contribution is 0.336. The van der Waals surface area contributed by atoms with Crippen LogP contribution in [0.15, 0.2) is 18.2 Å². The molecule has 0 aliphatic heterocycles. The van der Waals surface area contributed by atoms with Crippen LogP contribution in [0.3, 0.4) is 0 Å². The van der Waals surface area contributed by atoms with E-state index in [0.29, 0.717) is 17.4 Å². The predicted octanol–water partition coefficient (Wildman–Crippen LogP) is 4.02. The van der Waals surface area contributed by atoms with E-state index in [1.807, 2.05) is 18.2 Å². The summed E-state index contributed by atoms with van der Waals surface area (Å²) in [5, 5.41) is 12.8. The Morgan fingerprint density at radius 2 is 2.00 bits per heavy atom. The van der Waals surface area contributed by atoms with E-state index in [1.54, 1.807) is 7.11 Å². The van der Waals surface area contributed by atoms with Crippen LogP contribution in [0.2, 0.25) is 0 Å². The van der Waals surface area contributed by atoms with Crippen molar-refractivity contribution in [2.75, 3.05) is 7.11 Å². The highest BCUT2D eigenvalue weighted by molar-refractivity contribution is 5.45. The molecule has 1 aliphatic rings. The summed E-state index contributed by atoms with van der Waals surface area (Å²) in [6, 6.07) is 8.57. The molecule has 1 N–H and O–H groups in total. The average Bonchev–Trinajstić information content (AvgIpc) is 2.81. The lowest BCUT2D eigenvalue weighted by Gasteiger charge is -2.23. The zero-order valence-corrected chi connectivity index (χ0v) is 13.2. The minimum Gasteiger partial charge on any atom is -0.495 e. The van der Waals surface area contributed by atoms with Gasteiger partial charge in [-0.05, 0) is 43.4 Å². The van der Waals surface area contributed by atoms with Crippen molar-refractivity contribution >= 4 is 0 Å². The largest absolute Gasteiger partial charge is 0.495 e. The molecule has 0 spiro atoms. The average molecular weight is 286 g/mol. The number of hydrogen-bond acceptors (Lipinski definition) is 3. The van der Waals surface area contributed by atoms with Crippen LogP contribution in [-0.2, 0) is 6.54 Å². The van der Waals surface area contributed by atoms with Crippen molar-refractivity contribution in [2.45, 2.75) is 58.0 Å². The van der Waals surface area contributed by atoms with Crippen molar-refractivity contribution in [3.63, 3.8) is 0 Å². The van der Waals surface area contributed by atoms with Crippen LogP contribution in [0.4, 0.5) is 0 Å². The number of nitrogens with one attached hydrogen (secondary N) is 1. The Balaban J connectivity index is 1.91. The first-order valence-electron chi connectivity index (χ1n) is 8.05. The Bertz CT molecular complexity index is 484. The molecule has 2 rings (SSSR count). The molecular formula is C18H26N2O. The molecule has 3 heteroatoms. The molecule has 0 radical (unpaired) electrons. The molecule has 0 saturated heterocycles. The number of benzene rings is 1. The Labute approximate surface area is 128 Å². The number of nitrogens with zero attached hydrogens (tertiary/aromatic N) is 1. The molecule has 21 heavy (non-hydrogen) atoms. The number of hydrogen-bond donors (Lipinski definition) is 1. The van der Waals surface area contributed by atoms with Crippen LogP contribution >= 0.6 is 0 Å². The number of ether oxygens (including phenoxy) is 1. The first kappa shape index (κ1) is 15.9. The standard InChI is InChI=1S/C18H26N2O/c1-14(16-7-5-3-4-6-8-16)20-13-15-9-10-18(21-2)17(11-15)12-19/h9-11,14,16,20H,3-8,13H2,1-2H3/t14-/m1/s1. The van der Waals surface area contributed by atoms with Gasteiger partial charge in [0.15, 0.2) is 0 Å². The Hall–Kier alpha value is -1.53. The third-order valence-corrected chi connectivity index (χ3v) is 4.62. The van der Waals surface area contributed by atoms with Gasteiger partial charge in [0.05, 0.1) is 12.7 Å². The summed E-state index contributed by atoms with van der Waals surface area (Å²) in [6.45, 7) is 3.11. The second kappa shape index (κ2) is 8.05. The number of rotatable bonds is 5. The predicted molar refractivity (Wildman–Crippen MR) is 85.2 cm³/mol. The third-order valence-electron chi connectivity index (χ3n) is 4.62. The summed E-state index contributed by atoms with van der Waals surface area (Å²) < 4.78 is 5.18. The van der Waals surface area contributed by atoms with Gasteiger partial charge in [0.2, 0.25) is 0 Å². The van der Waals surface area contributed by atoms with Crippen molar-refractivity contribution in [2.24, 2.45) is 5.92 Å². The summed E-state index contributed by atoms with van der Waals surface area (Å²) in [4.78, 5) is 0. The van der Waals surface area contributed by atoms with Crippen LogP contribution in [-0.4, -0.2) is 13.2 Å². The fraction of sp³-hybridized carbons (Fsp3) is 0.611. The first-order valence-corrected chi connectivity index (χ1v) is 8.05. The Morgan fingerprint density at radius 3 is 2.62 bits per heavy atom. The molecule has 1 aromatic rings. The van der Waals surface area contributed by atoms with Crippen LogP contribution in [0.1, 0.15) is 56.6 Å². The van der Waals surface area contributed by atoms with Gasteiger partial charge >= 0.3 is 0 Å². The monoisotopic (exact) mass is 286 g/mol. The second-order valence-electron chi connectivity index (χ2n) is 6.07. The summed E-state index contributed by atoms with van der Waals surface area (Å²) in [7, 11) is 1.60. The molecule has 114 valence electrons. The van der Waals surface area contributed by atoms with Crippen LogP contribution in [0.25, 0.3) is 0 Å². The maximum atomic E-state index is 9.14. The summed E-state index contributed by atoms with van der Waals surface area (Å²) in [5.74, 6) is 1.44. The SMILES string of the molecule is COc1ccc(CN[C@H](C)C2CCCCCC2)cc1C#N. The molecular weight excluding hydrogens is 260 g/mol. The van der Waals surface area contributed by atoms with Crippen LogP contribution in [0.5, 0.6) is 5.75 Å². The fourth-order valence-corrected chi connectivity index (χ4v) is 3.21. The van der Waals surface area contributed by atoms with Gasteiger partial charge in [-0.15, -0.1) is 0 Å². The van der Waals surface area contributed by atoms with Gasteiger partial charge in [-0.25, -0.2) is 0 Å². The van der Waals surface area contributed by atoms with E-state index in [9.17, 15) is 0 Å². The van der Waals surface area contributed by atoms with Gasteiger partial charge in [0.1, 0.15) is 11.8 Å². The van der Waals surface area contributed by atoms with E-state index in [0.717, 1.165) is 18.0 Å². The highest BCUT2D eigenvalue weighted by atomic mass is 16.5. The van der Waals surface area contributed by atoms with Gasteiger partial charge < -0.3 is 10.1 Å². The van der Waals surface area contributed by atoms with E-state index < -0.39 is 0 Å². The van der Waals surface area contributed by atoms with E-state index in [4.69, 9.17) is 10.00 Å². The maximum absolute atomic E-state index is 9.14. The molecule has 3 nitrogen and oxygen atoms in total. The Kier molecular flexibility index (Phi) is 6.07. The summed E-state index contributed by atoms with van der Waals surface area (Å²) in [5.41, 5.74) is 1.76. The Morgan fingerprint density at radius 1 is 1.29 bits per heavy atom. The zero-order valence-electron chi connectivity index (χ0n) is 13.2. The lowest BCUT2D eigenvalue weighted by atomic mass is 9.93. The summed E-state index contributed by atoms with van der Waals surface area (Å²) in [6.07, 6.45) is 8.23. The van der Waals surface area contributed by atoms with Gasteiger partial charge in [-0.1, -0.05) is 31.7 Å². The van der Waals surface area contributed by atoms with E-state index in [2.05, 4.69) is 18.3 Å². The quantitative estimate of drug-likeness (QED) is 0.832. The third kappa shape index (κ3) is 4.47. The minimum atomic E-state index is 0.538. The molecule has 0 aromatic heterocycles. The van der Waals surface area contributed by atoms with Gasteiger partial charge in [-0.2, -0.15) is 5.26 Å². The van der Waals surface area contributed by atoms with Crippen LogP contribution < -0.4 is 10.1 Å². The molecule has 1 fully saturated rings. The molecule has 0 amide bonds. The zero-order chi connectivity index (χ0) is 15.1. The highest BCUT2D eigenvalue weighted by Crippen LogP contribution is 2.26. The van der Waals surface area contributed by atoms with Gasteiger partial charge in [-0.3, -0.25) is 0 Å². The van der Waals surface area contributed by atoms with Crippen LogP contribution in [0, 0.1) is 17.2 Å². The topological polar surface area (TPSA) is 45.0 Å². The fourth-order valence-electron chi connectivity index (χ4n) is 3.21. The van der Waals surface area contributed by atoms with Gasteiger partial charge in [0, 0.05) is 12.6 Å². The van der Waals surface area contributed by atoms with Gasteiger partial charge in [0.25, 0.3) is 0 Å². The molecule has 1 saturated carbocycles. The summed E-state index contributed by atoms with van der Waals surface area (Å²) >= 11 is 0. The smallest absolute Gasteiger partial charge is 0.136 e. The molecule has 1 aliphatic carbocycles. The van der Waals surface area contributed by atoms with Crippen molar-refractivity contribution in [1.29, 1.82) is 5.26 Å². The first-order chi connectivity index (χ1) is 10.2. The number of methoxy groups -OCH3 is 1. The van der Waals surface area contributed by atoms with Crippen molar-refractivity contribution < 1.29 is 4.74 Å². The minimum absolute atomic E-state index is 0.538. The van der Waals surface area contributed by atoms with Crippen molar-refractivity contribution in [1.82, 2.24) is 5.32 Å². The van der Waals surface area contributed by atoms with E-state index >= 15 is 0 Å².